The Bertz CT molecular complexity index is 563. The summed E-state index contributed by atoms with van der Waals surface area (Å²) < 4.78 is 5.04. The number of nitrogens with one attached hydrogen (secondary N) is 1. The number of carboxylic acid groups (broad SMARTS) is 1. The first-order chi connectivity index (χ1) is 9.93. The fourth-order valence-electron chi connectivity index (χ4n) is 2.12. The monoisotopic (exact) mass is 294 g/mol. The lowest BCUT2D eigenvalue weighted by Gasteiger charge is -2.23. The van der Waals surface area contributed by atoms with Gasteiger partial charge in [-0.3, -0.25) is 14.9 Å². The maximum absolute atomic E-state index is 11.9. The third-order valence-electron chi connectivity index (χ3n) is 3.32. The van der Waals surface area contributed by atoms with Crippen molar-refractivity contribution in [3.05, 3.63) is 39.9 Å². The maximum atomic E-state index is 11.9. The van der Waals surface area contributed by atoms with Gasteiger partial charge in [-0.15, -0.1) is 0 Å². The largest absolute Gasteiger partial charge is 0.479 e. The Morgan fingerprint density at radius 1 is 1.38 bits per heavy atom. The third kappa shape index (κ3) is 3.34. The van der Waals surface area contributed by atoms with Gasteiger partial charge >= 0.3 is 5.97 Å². The highest BCUT2D eigenvalue weighted by molar-refractivity contribution is 5.88. The predicted octanol–water partition coefficient (Wildman–Crippen LogP) is 0.497. The van der Waals surface area contributed by atoms with Crippen molar-refractivity contribution in [3.8, 4) is 0 Å². The topological polar surface area (TPSA) is 119 Å². The molecule has 8 nitrogen and oxygen atoms in total. The van der Waals surface area contributed by atoms with Crippen LogP contribution in [0.2, 0.25) is 0 Å². The van der Waals surface area contributed by atoms with Crippen molar-refractivity contribution in [1.82, 2.24) is 5.32 Å². The lowest BCUT2D eigenvalue weighted by Crippen LogP contribution is -2.55. The van der Waals surface area contributed by atoms with Crippen molar-refractivity contribution in [2.75, 3.05) is 13.2 Å². The molecule has 0 aliphatic carbocycles. The van der Waals surface area contributed by atoms with E-state index in [1.807, 2.05) is 0 Å². The highest BCUT2D eigenvalue weighted by Gasteiger charge is 2.43. The van der Waals surface area contributed by atoms with Gasteiger partial charge in [0, 0.05) is 25.2 Å². The molecule has 1 fully saturated rings. The molecular weight excluding hydrogens is 280 g/mol. The number of hydrogen-bond donors (Lipinski definition) is 2. The van der Waals surface area contributed by atoms with Gasteiger partial charge in [-0.1, -0.05) is 12.1 Å². The average molecular weight is 294 g/mol. The van der Waals surface area contributed by atoms with Crippen LogP contribution in [-0.4, -0.2) is 40.7 Å². The zero-order valence-corrected chi connectivity index (χ0v) is 11.1. The van der Waals surface area contributed by atoms with Crippen molar-refractivity contribution in [2.45, 2.75) is 18.4 Å². The number of hydrogen-bond acceptors (Lipinski definition) is 5. The molecule has 1 saturated heterocycles. The second-order valence-electron chi connectivity index (χ2n) is 4.84. The van der Waals surface area contributed by atoms with Crippen molar-refractivity contribution in [2.24, 2.45) is 0 Å². The van der Waals surface area contributed by atoms with Crippen LogP contribution in [0.5, 0.6) is 0 Å². The van der Waals surface area contributed by atoms with Crippen LogP contribution in [-0.2, 0) is 20.7 Å². The van der Waals surface area contributed by atoms with E-state index < -0.39 is 22.3 Å². The summed E-state index contributed by atoms with van der Waals surface area (Å²) in [7, 11) is 0. The van der Waals surface area contributed by atoms with Gasteiger partial charge in [0.15, 0.2) is 5.54 Å². The molecule has 0 aromatic heterocycles. The van der Waals surface area contributed by atoms with Crippen LogP contribution in [0.15, 0.2) is 24.3 Å². The summed E-state index contributed by atoms with van der Waals surface area (Å²) in [5.74, 6) is -1.59. The molecule has 1 atom stereocenters. The molecule has 0 radical (unpaired) electrons. The minimum absolute atomic E-state index is 0.0486. The summed E-state index contributed by atoms with van der Waals surface area (Å²) in [6, 6.07) is 5.54. The number of nitro groups is 1. The van der Waals surface area contributed by atoms with E-state index in [-0.39, 0.29) is 31.7 Å². The summed E-state index contributed by atoms with van der Waals surface area (Å²) in [5.41, 5.74) is -0.874. The van der Waals surface area contributed by atoms with Crippen molar-refractivity contribution >= 4 is 17.6 Å². The fourth-order valence-corrected chi connectivity index (χ4v) is 2.12. The standard InChI is InChI=1S/C13H14N2O6/c16-11(14-13(12(17)18)5-6-21-8-13)7-9-1-3-10(4-2-9)15(19)20/h1-4H,5-8H2,(H,14,16)(H,17,18). The first-order valence-corrected chi connectivity index (χ1v) is 6.28. The van der Waals surface area contributed by atoms with Gasteiger partial charge in [0.25, 0.3) is 5.69 Å². The van der Waals surface area contributed by atoms with Crippen LogP contribution in [0.3, 0.4) is 0 Å². The molecular formula is C13H14N2O6. The quantitative estimate of drug-likeness (QED) is 0.603. The van der Waals surface area contributed by atoms with Crippen molar-refractivity contribution < 1.29 is 24.4 Å². The molecule has 1 aliphatic rings. The Hall–Kier alpha value is -2.48. The minimum Gasteiger partial charge on any atom is -0.479 e. The number of benzene rings is 1. The van der Waals surface area contributed by atoms with Gasteiger partial charge in [0.2, 0.25) is 5.91 Å². The Labute approximate surface area is 119 Å². The number of nitro benzene ring substituents is 1. The van der Waals surface area contributed by atoms with Crippen LogP contribution < -0.4 is 5.32 Å². The lowest BCUT2D eigenvalue weighted by atomic mass is 9.98. The van der Waals surface area contributed by atoms with Crippen LogP contribution in [0.4, 0.5) is 5.69 Å². The average Bonchev–Trinajstić information content (AvgIpc) is 2.89. The number of rotatable bonds is 5. The van der Waals surface area contributed by atoms with Gasteiger partial charge in [0.1, 0.15) is 0 Å². The second kappa shape index (κ2) is 5.88. The van der Waals surface area contributed by atoms with Crippen LogP contribution in [0, 0.1) is 10.1 Å². The molecule has 2 rings (SSSR count). The molecule has 1 aromatic carbocycles. The van der Waals surface area contributed by atoms with Gasteiger partial charge < -0.3 is 15.2 Å². The molecule has 1 unspecified atom stereocenters. The Kier molecular flexibility index (Phi) is 4.18. The Morgan fingerprint density at radius 2 is 2.05 bits per heavy atom. The summed E-state index contributed by atoms with van der Waals surface area (Å²) >= 11 is 0. The molecule has 0 saturated carbocycles. The summed E-state index contributed by atoms with van der Waals surface area (Å²) in [5, 5.41) is 22.2. The summed E-state index contributed by atoms with van der Waals surface area (Å²) in [4.78, 5) is 33.2. The Balaban J connectivity index is 2.01. The van der Waals surface area contributed by atoms with E-state index in [1.165, 1.54) is 24.3 Å². The molecule has 1 amide bonds. The van der Waals surface area contributed by atoms with E-state index in [1.54, 1.807) is 0 Å². The normalized spacial score (nSPS) is 21.0. The SMILES string of the molecule is O=C(Cc1ccc([N+](=O)[O-])cc1)NC1(C(=O)O)CCOC1. The van der Waals surface area contributed by atoms with Gasteiger partial charge in [0.05, 0.1) is 18.0 Å². The third-order valence-corrected chi connectivity index (χ3v) is 3.32. The lowest BCUT2D eigenvalue weighted by molar-refractivity contribution is -0.384. The first-order valence-electron chi connectivity index (χ1n) is 6.28. The summed E-state index contributed by atoms with van der Waals surface area (Å²) in [6.45, 7) is 0.221. The van der Waals surface area contributed by atoms with E-state index in [9.17, 15) is 24.8 Å². The van der Waals surface area contributed by atoms with E-state index >= 15 is 0 Å². The number of aliphatic carboxylic acids is 1. The highest BCUT2D eigenvalue weighted by Crippen LogP contribution is 2.19. The zero-order valence-electron chi connectivity index (χ0n) is 11.1. The molecule has 1 heterocycles. The number of carbonyl (C=O) groups excluding carboxylic acids is 1. The second-order valence-corrected chi connectivity index (χ2v) is 4.84. The molecule has 1 aromatic rings. The van der Waals surface area contributed by atoms with Gasteiger partial charge in [-0.25, -0.2) is 4.79 Å². The molecule has 112 valence electrons. The molecule has 2 N–H and O–H groups in total. The fraction of sp³-hybridized carbons (Fsp3) is 0.385. The first kappa shape index (κ1) is 14.9. The number of amides is 1. The smallest absolute Gasteiger partial charge is 0.331 e. The number of non-ortho nitro benzene ring substituents is 1. The molecule has 0 bridgehead atoms. The molecule has 0 spiro atoms. The van der Waals surface area contributed by atoms with E-state index in [2.05, 4.69) is 5.32 Å². The minimum atomic E-state index is -1.38. The highest BCUT2D eigenvalue weighted by atomic mass is 16.6. The van der Waals surface area contributed by atoms with Crippen LogP contribution in [0.1, 0.15) is 12.0 Å². The van der Waals surface area contributed by atoms with E-state index in [4.69, 9.17) is 4.74 Å². The molecule has 8 heteroatoms. The van der Waals surface area contributed by atoms with Crippen LogP contribution in [0.25, 0.3) is 0 Å². The maximum Gasteiger partial charge on any atom is 0.331 e. The number of carbonyl (C=O) groups is 2. The van der Waals surface area contributed by atoms with Gasteiger partial charge in [-0.05, 0) is 5.56 Å². The van der Waals surface area contributed by atoms with Crippen molar-refractivity contribution in [1.29, 1.82) is 0 Å². The molecule has 21 heavy (non-hydrogen) atoms. The number of nitrogens with zero attached hydrogens (tertiary/aromatic N) is 1. The van der Waals surface area contributed by atoms with Gasteiger partial charge in [-0.2, -0.15) is 0 Å². The van der Waals surface area contributed by atoms with Crippen LogP contribution >= 0.6 is 0 Å². The van der Waals surface area contributed by atoms with E-state index in [0.29, 0.717) is 5.56 Å². The zero-order chi connectivity index (χ0) is 15.5. The molecule has 1 aliphatic heterocycles. The summed E-state index contributed by atoms with van der Waals surface area (Å²) in [6.07, 6.45) is 0.168. The predicted molar refractivity (Wildman–Crippen MR) is 70.7 cm³/mol. The van der Waals surface area contributed by atoms with Crippen molar-refractivity contribution in [3.63, 3.8) is 0 Å². The number of carboxylic acids is 1. The number of ether oxygens (including phenoxy) is 1. The van der Waals surface area contributed by atoms with E-state index in [0.717, 1.165) is 0 Å². The Morgan fingerprint density at radius 3 is 2.52 bits per heavy atom.